The SMILES string of the molecule is C=C1CC(NC(C)=O)CN1c1ccc(C)c(Cl)c1. The Morgan fingerprint density at radius 1 is 1.56 bits per heavy atom. The van der Waals surface area contributed by atoms with Gasteiger partial charge in [-0.1, -0.05) is 24.2 Å². The average molecular weight is 265 g/mol. The molecule has 0 aromatic heterocycles. The van der Waals surface area contributed by atoms with E-state index in [0.717, 1.165) is 34.9 Å². The van der Waals surface area contributed by atoms with Crippen molar-refractivity contribution < 1.29 is 4.79 Å². The first kappa shape index (κ1) is 13.0. The normalized spacial score (nSPS) is 19.2. The number of aryl methyl sites for hydroxylation is 1. The molecule has 1 aliphatic heterocycles. The Morgan fingerprint density at radius 2 is 2.28 bits per heavy atom. The molecule has 1 fully saturated rings. The number of benzene rings is 1. The van der Waals surface area contributed by atoms with Crippen LogP contribution in [-0.2, 0) is 4.79 Å². The molecule has 0 spiro atoms. The van der Waals surface area contributed by atoms with Crippen LogP contribution in [0, 0.1) is 6.92 Å². The molecule has 18 heavy (non-hydrogen) atoms. The zero-order valence-corrected chi connectivity index (χ0v) is 11.4. The minimum Gasteiger partial charge on any atom is -0.351 e. The van der Waals surface area contributed by atoms with Crippen LogP contribution in [0.15, 0.2) is 30.5 Å². The van der Waals surface area contributed by atoms with Gasteiger partial charge < -0.3 is 10.2 Å². The second-order valence-corrected chi connectivity index (χ2v) is 5.12. The van der Waals surface area contributed by atoms with E-state index >= 15 is 0 Å². The number of nitrogens with one attached hydrogen (secondary N) is 1. The van der Waals surface area contributed by atoms with Gasteiger partial charge in [0.1, 0.15) is 0 Å². The molecular formula is C14H17ClN2O. The smallest absolute Gasteiger partial charge is 0.217 e. The van der Waals surface area contributed by atoms with E-state index in [4.69, 9.17) is 11.6 Å². The van der Waals surface area contributed by atoms with Crippen molar-refractivity contribution in [1.82, 2.24) is 5.32 Å². The molecule has 1 aliphatic rings. The van der Waals surface area contributed by atoms with Crippen molar-refractivity contribution in [3.05, 3.63) is 41.1 Å². The zero-order chi connectivity index (χ0) is 13.3. The number of carbonyl (C=O) groups excluding carboxylic acids is 1. The summed E-state index contributed by atoms with van der Waals surface area (Å²) >= 11 is 6.13. The van der Waals surface area contributed by atoms with Gasteiger partial charge in [-0.25, -0.2) is 0 Å². The third-order valence-corrected chi connectivity index (χ3v) is 3.55. The monoisotopic (exact) mass is 264 g/mol. The molecule has 1 amide bonds. The topological polar surface area (TPSA) is 32.3 Å². The number of rotatable bonds is 2. The third kappa shape index (κ3) is 2.67. The van der Waals surface area contributed by atoms with Crippen LogP contribution in [0.5, 0.6) is 0 Å². The maximum Gasteiger partial charge on any atom is 0.217 e. The summed E-state index contributed by atoms with van der Waals surface area (Å²) in [5, 5.41) is 3.68. The third-order valence-electron chi connectivity index (χ3n) is 3.14. The van der Waals surface area contributed by atoms with Crippen LogP contribution < -0.4 is 10.2 Å². The fourth-order valence-corrected chi connectivity index (χ4v) is 2.41. The van der Waals surface area contributed by atoms with Crippen molar-refractivity contribution in [3.63, 3.8) is 0 Å². The molecule has 1 aromatic rings. The summed E-state index contributed by atoms with van der Waals surface area (Å²) in [5.74, 6) is -0.00316. The van der Waals surface area contributed by atoms with E-state index in [2.05, 4.69) is 16.8 Å². The maximum atomic E-state index is 11.1. The van der Waals surface area contributed by atoms with Gasteiger partial charge in [-0.05, 0) is 24.6 Å². The van der Waals surface area contributed by atoms with Crippen LogP contribution in [0.4, 0.5) is 5.69 Å². The molecular weight excluding hydrogens is 248 g/mol. The Morgan fingerprint density at radius 3 is 2.89 bits per heavy atom. The second-order valence-electron chi connectivity index (χ2n) is 4.71. The number of nitrogens with zero attached hydrogens (tertiary/aromatic N) is 1. The van der Waals surface area contributed by atoms with Crippen LogP contribution >= 0.6 is 11.6 Å². The van der Waals surface area contributed by atoms with E-state index in [1.807, 2.05) is 25.1 Å². The lowest BCUT2D eigenvalue weighted by Gasteiger charge is -2.20. The Kier molecular flexibility index (Phi) is 3.62. The van der Waals surface area contributed by atoms with Crippen molar-refractivity contribution in [2.75, 3.05) is 11.4 Å². The molecule has 1 unspecified atom stereocenters. The van der Waals surface area contributed by atoms with Crippen LogP contribution in [0.25, 0.3) is 0 Å². The standard InChI is InChI=1S/C14H17ClN2O/c1-9-4-5-13(7-14(9)15)17-8-12(6-10(17)2)16-11(3)18/h4-5,7,12H,2,6,8H2,1,3H3,(H,16,18). The van der Waals surface area contributed by atoms with Gasteiger partial charge >= 0.3 is 0 Å². The second kappa shape index (κ2) is 5.02. The highest BCUT2D eigenvalue weighted by atomic mass is 35.5. The van der Waals surface area contributed by atoms with Gasteiger partial charge in [-0.15, -0.1) is 0 Å². The van der Waals surface area contributed by atoms with Crippen molar-refractivity contribution in [3.8, 4) is 0 Å². The number of hydrogen-bond donors (Lipinski definition) is 1. The van der Waals surface area contributed by atoms with Crippen LogP contribution in [0.3, 0.4) is 0 Å². The summed E-state index contributed by atoms with van der Waals surface area (Å²) in [4.78, 5) is 13.2. The van der Waals surface area contributed by atoms with Gasteiger partial charge in [0.2, 0.25) is 5.91 Å². The number of hydrogen-bond acceptors (Lipinski definition) is 2. The lowest BCUT2D eigenvalue weighted by Crippen LogP contribution is -2.35. The summed E-state index contributed by atoms with van der Waals surface area (Å²) in [5.41, 5.74) is 3.10. The zero-order valence-electron chi connectivity index (χ0n) is 10.7. The highest BCUT2D eigenvalue weighted by molar-refractivity contribution is 6.31. The van der Waals surface area contributed by atoms with Crippen molar-refractivity contribution in [2.24, 2.45) is 0 Å². The first-order chi connectivity index (χ1) is 8.47. The fourth-order valence-electron chi connectivity index (χ4n) is 2.23. The minimum absolute atomic E-state index is 0.00316. The van der Waals surface area contributed by atoms with E-state index < -0.39 is 0 Å². The van der Waals surface area contributed by atoms with E-state index in [9.17, 15) is 4.79 Å². The quantitative estimate of drug-likeness (QED) is 0.891. The van der Waals surface area contributed by atoms with E-state index in [1.54, 1.807) is 0 Å². The van der Waals surface area contributed by atoms with Gasteiger partial charge in [0, 0.05) is 36.3 Å². The van der Waals surface area contributed by atoms with Gasteiger partial charge in [0.25, 0.3) is 0 Å². The molecule has 0 bridgehead atoms. The molecule has 0 aliphatic carbocycles. The molecule has 2 rings (SSSR count). The predicted molar refractivity (Wildman–Crippen MR) is 74.9 cm³/mol. The van der Waals surface area contributed by atoms with Gasteiger partial charge in [-0.2, -0.15) is 0 Å². The summed E-state index contributed by atoms with van der Waals surface area (Å²) in [6.07, 6.45) is 0.783. The largest absolute Gasteiger partial charge is 0.351 e. The van der Waals surface area contributed by atoms with Crippen molar-refractivity contribution in [2.45, 2.75) is 26.3 Å². The number of amides is 1. The molecule has 1 aromatic carbocycles. The fraction of sp³-hybridized carbons (Fsp3) is 0.357. The van der Waals surface area contributed by atoms with E-state index in [0.29, 0.717) is 0 Å². The maximum absolute atomic E-state index is 11.1. The van der Waals surface area contributed by atoms with Gasteiger partial charge in [-0.3, -0.25) is 4.79 Å². The molecule has 1 N–H and O–H groups in total. The lowest BCUT2D eigenvalue weighted by atomic mass is 10.2. The lowest BCUT2D eigenvalue weighted by molar-refractivity contribution is -0.119. The van der Waals surface area contributed by atoms with Crippen LogP contribution in [-0.4, -0.2) is 18.5 Å². The summed E-state index contributed by atoms with van der Waals surface area (Å²) in [7, 11) is 0. The molecule has 1 heterocycles. The number of anilines is 1. The number of halogens is 1. The van der Waals surface area contributed by atoms with Crippen molar-refractivity contribution in [1.29, 1.82) is 0 Å². The molecule has 0 saturated carbocycles. The summed E-state index contributed by atoms with van der Waals surface area (Å²) in [6.45, 7) is 8.31. The highest BCUT2D eigenvalue weighted by Gasteiger charge is 2.26. The Labute approximate surface area is 112 Å². The highest BCUT2D eigenvalue weighted by Crippen LogP contribution is 2.30. The van der Waals surface area contributed by atoms with Crippen molar-refractivity contribution >= 4 is 23.2 Å². The molecule has 1 atom stereocenters. The molecule has 0 radical (unpaired) electrons. The van der Waals surface area contributed by atoms with E-state index in [-0.39, 0.29) is 11.9 Å². The molecule has 1 saturated heterocycles. The predicted octanol–water partition coefficient (Wildman–Crippen LogP) is 2.88. The van der Waals surface area contributed by atoms with Gasteiger partial charge in [0.05, 0.1) is 6.04 Å². The van der Waals surface area contributed by atoms with Crippen LogP contribution in [0.2, 0.25) is 5.02 Å². The van der Waals surface area contributed by atoms with E-state index in [1.165, 1.54) is 6.92 Å². The first-order valence-corrected chi connectivity index (χ1v) is 6.33. The molecule has 4 heteroatoms. The summed E-state index contributed by atoms with van der Waals surface area (Å²) in [6, 6.07) is 6.10. The first-order valence-electron chi connectivity index (χ1n) is 5.96. The summed E-state index contributed by atoms with van der Waals surface area (Å²) < 4.78 is 0. The molecule has 3 nitrogen and oxygen atoms in total. The Balaban J connectivity index is 2.16. The Bertz CT molecular complexity index is 499. The molecule has 96 valence electrons. The average Bonchev–Trinajstić information content (AvgIpc) is 2.62. The number of carbonyl (C=O) groups is 1. The van der Waals surface area contributed by atoms with Gasteiger partial charge in [0.15, 0.2) is 0 Å². The van der Waals surface area contributed by atoms with Crippen LogP contribution in [0.1, 0.15) is 18.9 Å². The minimum atomic E-state index is -0.00316. The Hall–Kier alpha value is -1.48.